The standard InChI is InChI=1S/C23H32ClN5O3/c1-2-17(14-30)26-22-11-21(19(24)12-25-22)29-10-9-18(13-29)27-23(32)28-20(15-31)16-7-5-3-4-6-8-16/h3-7,11-12,17-18,20,30-31H,2,8-10,13-15H2,1H3,(H,25,26)(H2,27,28,32). The summed E-state index contributed by atoms with van der Waals surface area (Å²) >= 11 is 6.39. The number of amides is 2. The van der Waals surface area contributed by atoms with Gasteiger partial charge in [0.25, 0.3) is 0 Å². The zero-order valence-corrected chi connectivity index (χ0v) is 19.1. The number of allylic oxidation sites excluding steroid dienone is 5. The van der Waals surface area contributed by atoms with Gasteiger partial charge in [-0.05, 0) is 24.8 Å². The summed E-state index contributed by atoms with van der Waals surface area (Å²) in [4.78, 5) is 19.0. The van der Waals surface area contributed by atoms with Crippen molar-refractivity contribution in [2.24, 2.45) is 0 Å². The van der Waals surface area contributed by atoms with Crippen LogP contribution >= 0.6 is 11.6 Å². The van der Waals surface area contributed by atoms with Crippen molar-refractivity contribution in [1.29, 1.82) is 0 Å². The van der Waals surface area contributed by atoms with Crippen LogP contribution in [0.1, 0.15) is 26.2 Å². The van der Waals surface area contributed by atoms with Gasteiger partial charge in [0.1, 0.15) is 5.82 Å². The molecule has 0 aromatic carbocycles. The van der Waals surface area contributed by atoms with E-state index in [4.69, 9.17) is 11.6 Å². The highest BCUT2D eigenvalue weighted by Gasteiger charge is 2.27. The molecule has 1 aliphatic heterocycles. The highest BCUT2D eigenvalue weighted by Crippen LogP contribution is 2.30. The van der Waals surface area contributed by atoms with Crippen LogP contribution in [0.4, 0.5) is 16.3 Å². The number of hydrogen-bond donors (Lipinski definition) is 5. The van der Waals surface area contributed by atoms with Gasteiger partial charge in [-0.15, -0.1) is 0 Å². The van der Waals surface area contributed by atoms with E-state index < -0.39 is 6.04 Å². The van der Waals surface area contributed by atoms with E-state index in [1.807, 2.05) is 43.4 Å². The lowest BCUT2D eigenvalue weighted by Crippen LogP contribution is -2.48. The average Bonchev–Trinajstić information content (AvgIpc) is 3.08. The summed E-state index contributed by atoms with van der Waals surface area (Å²) in [6.07, 6.45) is 13.5. The van der Waals surface area contributed by atoms with Gasteiger partial charge in [0.2, 0.25) is 0 Å². The Morgan fingerprint density at radius 1 is 1.31 bits per heavy atom. The highest BCUT2D eigenvalue weighted by molar-refractivity contribution is 6.33. The van der Waals surface area contributed by atoms with Crippen molar-refractivity contribution < 1.29 is 15.0 Å². The minimum Gasteiger partial charge on any atom is -0.394 e. The zero-order chi connectivity index (χ0) is 22.9. The van der Waals surface area contributed by atoms with Gasteiger partial charge < -0.3 is 31.1 Å². The first-order valence-corrected chi connectivity index (χ1v) is 11.4. The number of carbonyl (C=O) groups is 1. The molecule has 1 aromatic heterocycles. The molecule has 1 aliphatic carbocycles. The minimum absolute atomic E-state index is 0.0271. The van der Waals surface area contributed by atoms with E-state index in [-0.39, 0.29) is 31.3 Å². The molecule has 1 fully saturated rings. The fourth-order valence-electron chi connectivity index (χ4n) is 3.83. The SMILES string of the molecule is CCC(CO)Nc1cc(N2CCC(NC(=O)NC(CO)C3=CC=CC=CC3)C2)c(Cl)cn1. The van der Waals surface area contributed by atoms with Crippen molar-refractivity contribution in [1.82, 2.24) is 15.6 Å². The summed E-state index contributed by atoms with van der Waals surface area (Å²) in [5.74, 6) is 0.657. The van der Waals surface area contributed by atoms with Gasteiger partial charge in [0.05, 0.1) is 36.0 Å². The van der Waals surface area contributed by atoms with E-state index in [0.29, 0.717) is 23.8 Å². The van der Waals surface area contributed by atoms with E-state index in [0.717, 1.165) is 30.6 Å². The number of urea groups is 1. The average molecular weight is 462 g/mol. The molecule has 32 heavy (non-hydrogen) atoms. The Hall–Kier alpha value is -2.55. The Bertz CT molecular complexity index is 869. The first kappa shape index (κ1) is 24.1. The third kappa shape index (κ3) is 6.48. The molecule has 9 heteroatoms. The molecule has 174 valence electrons. The Labute approximate surface area is 194 Å². The third-order valence-corrected chi connectivity index (χ3v) is 6.01. The number of anilines is 2. The summed E-state index contributed by atoms with van der Waals surface area (Å²) in [5, 5.41) is 28.8. The summed E-state index contributed by atoms with van der Waals surface area (Å²) in [6, 6.07) is 1.04. The van der Waals surface area contributed by atoms with Crippen molar-refractivity contribution in [2.75, 3.05) is 36.5 Å². The van der Waals surface area contributed by atoms with Crippen molar-refractivity contribution in [3.63, 3.8) is 0 Å². The van der Waals surface area contributed by atoms with Gasteiger partial charge >= 0.3 is 6.03 Å². The lowest BCUT2D eigenvalue weighted by Gasteiger charge is -2.23. The van der Waals surface area contributed by atoms with Gasteiger partial charge in [0.15, 0.2) is 0 Å². The lowest BCUT2D eigenvalue weighted by atomic mass is 10.0. The first-order chi connectivity index (χ1) is 15.5. The summed E-state index contributed by atoms with van der Waals surface area (Å²) in [6.45, 7) is 3.22. The van der Waals surface area contributed by atoms with Gasteiger partial charge in [-0.25, -0.2) is 9.78 Å². The monoisotopic (exact) mass is 461 g/mol. The van der Waals surface area contributed by atoms with Crippen LogP contribution < -0.4 is 20.9 Å². The molecule has 8 nitrogen and oxygen atoms in total. The molecule has 5 N–H and O–H groups in total. The molecule has 1 aromatic rings. The topological polar surface area (TPSA) is 110 Å². The van der Waals surface area contributed by atoms with Gasteiger partial charge in [-0.3, -0.25) is 0 Å². The van der Waals surface area contributed by atoms with E-state index in [1.165, 1.54) is 0 Å². The van der Waals surface area contributed by atoms with Crippen molar-refractivity contribution in [3.8, 4) is 0 Å². The van der Waals surface area contributed by atoms with Crippen LogP contribution in [0, 0.1) is 0 Å². The first-order valence-electron chi connectivity index (χ1n) is 11.0. The molecule has 0 bridgehead atoms. The van der Waals surface area contributed by atoms with Gasteiger partial charge in [-0.2, -0.15) is 0 Å². The predicted molar refractivity (Wildman–Crippen MR) is 128 cm³/mol. The van der Waals surface area contributed by atoms with E-state index in [9.17, 15) is 15.0 Å². The molecule has 3 rings (SSSR count). The molecule has 2 heterocycles. The Kier molecular flexibility index (Phi) is 8.96. The Balaban J connectivity index is 1.57. The molecule has 2 amide bonds. The van der Waals surface area contributed by atoms with Crippen LogP contribution in [0.2, 0.25) is 5.02 Å². The van der Waals surface area contributed by atoms with Crippen LogP contribution in [0.5, 0.6) is 0 Å². The Morgan fingerprint density at radius 2 is 2.16 bits per heavy atom. The molecule has 0 spiro atoms. The lowest BCUT2D eigenvalue weighted by molar-refractivity contribution is 0.220. The van der Waals surface area contributed by atoms with E-state index in [2.05, 4.69) is 25.8 Å². The van der Waals surface area contributed by atoms with Crippen molar-refractivity contribution in [2.45, 2.75) is 44.3 Å². The summed E-state index contributed by atoms with van der Waals surface area (Å²) < 4.78 is 0. The third-order valence-electron chi connectivity index (χ3n) is 5.72. The molecule has 1 saturated heterocycles. The maximum atomic E-state index is 12.6. The quantitative estimate of drug-likeness (QED) is 0.386. The van der Waals surface area contributed by atoms with Crippen LogP contribution in [0.15, 0.2) is 48.2 Å². The number of nitrogens with one attached hydrogen (secondary N) is 3. The number of rotatable bonds is 9. The molecule has 2 aliphatic rings. The second kappa shape index (κ2) is 11.9. The second-order valence-corrected chi connectivity index (χ2v) is 8.40. The molecule has 3 unspecified atom stereocenters. The maximum Gasteiger partial charge on any atom is 0.315 e. The van der Waals surface area contributed by atoms with Crippen LogP contribution in [0.3, 0.4) is 0 Å². The van der Waals surface area contributed by atoms with Crippen LogP contribution in [-0.4, -0.2) is 65.7 Å². The Morgan fingerprint density at radius 3 is 2.91 bits per heavy atom. The molecule has 3 atom stereocenters. The molecule has 0 radical (unpaired) electrons. The summed E-state index contributed by atoms with van der Waals surface area (Å²) in [7, 11) is 0. The predicted octanol–water partition coefficient (Wildman–Crippen LogP) is 2.60. The number of aliphatic hydroxyl groups is 2. The number of carbonyl (C=O) groups excluding carboxylic acids is 1. The van der Waals surface area contributed by atoms with E-state index in [1.54, 1.807) is 6.20 Å². The maximum absolute atomic E-state index is 12.6. The zero-order valence-electron chi connectivity index (χ0n) is 18.3. The second-order valence-electron chi connectivity index (χ2n) is 8.00. The molecule has 0 saturated carbocycles. The molecular weight excluding hydrogens is 430 g/mol. The smallest absolute Gasteiger partial charge is 0.315 e. The van der Waals surface area contributed by atoms with Crippen LogP contribution in [0.25, 0.3) is 0 Å². The van der Waals surface area contributed by atoms with Crippen molar-refractivity contribution in [3.05, 3.63) is 53.2 Å². The van der Waals surface area contributed by atoms with Gasteiger partial charge in [0, 0.05) is 31.4 Å². The van der Waals surface area contributed by atoms with Crippen molar-refractivity contribution >= 4 is 29.1 Å². The van der Waals surface area contributed by atoms with E-state index >= 15 is 0 Å². The fourth-order valence-corrected chi connectivity index (χ4v) is 4.05. The normalized spacial score (nSPS) is 19.8. The van der Waals surface area contributed by atoms with Gasteiger partial charge in [-0.1, -0.05) is 48.9 Å². The number of pyridine rings is 1. The summed E-state index contributed by atoms with van der Waals surface area (Å²) in [5.41, 5.74) is 1.80. The number of aliphatic hydroxyl groups excluding tert-OH is 2. The largest absolute Gasteiger partial charge is 0.394 e. The number of halogens is 1. The number of hydrogen-bond acceptors (Lipinski definition) is 6. The number of nitrogens with zero attached hydrogens (tertiary/aromatic N) is 2. The fraction of sp³-hybridized carbons (Fsp3) is 0.478. The minimum atomic E-state index is -0.429. The van der Waals surface area contributed by atoms with Crippen LogP contribution in [-0.2, 0) is 0 Å². The highest BCUT2D eigenvalue weighted by atomic mass is 35.5. The molecular formula is C23H32ClN5O3. The number of aromatic nitrogens is 1.